The number of nitrogens with zero attached hydrogens (tertiary/aromatic N) is 3. The lowest BCUT2D eigenvalue weighted by molar-refractivity contribution is 0.355. The second-order valence-corrected chi connectivity index (χ2v) is 9.13. The van der Waals surface area contributed by atoms with Crippen LogP contribution in [0.5, 0.6) is 0 Å². The average Bonchev–Trinajstić information content (AvgIpc) is 2.75. The highest BCUT2D eigenvalue weighted by molar-refractivity contribution is 9.10. The Kier molecular flexibility index (Phi) is 6.85. The van der Waals surface area contributed by atoms with Gasteiger partial charge < -0.3 is 15.5 Å². The zero-order chi connectivity index (χ0) is 20.9. The van der Waals surface area contributed by atoms with Crippen LogP contribution in [0.25, 0.3) is 10.9 Å². The van der Waals surface area contributed by atoms with Crippen molar-refractivity contribution in [2.24, 2.45) is 0 Å². The Bertz CT molecular complexity index is 982. The molecule has 0 aliphatic heterocycles. The summed E-state index contributed by atoms with van der Waals surface area (Å²) in [5.74, 6) is 1.70. The van der Waals surface area contributed by atoms with Crippen LogP contribution in [0.2, 0.25) is 0 Å². The van der Waals surface area contributed by atoms with Crippen LogP contribution < -0.4 is 15.5 Å². The molecule has 2 aromatic carbocycles. The third-order valence-electron chi connectivity index (χ3n) is 5.85. The molecule has 0 spiro atoms. The van der Waals surface area contributed by atoms with Crippen molar-refractivity contribution < 1.29 is 0 Å². The van der Waals surface area contributed by atoms with E-state index in [4.69, 9.17) is 9.97 Å². The number of fused-ring (bicyclic) bond motifs is 1. The van der Waals surface area contributed by atoms with Crippen molar-refractivity contribution in [2.75, 3.05) is 30.9 Å². The molecule has 0 radical (unpaired) electrons. The first-order chi connectivity index (χ1) is 14.6. The predicted molar refractivity (Wildman–Crippen MR) is 129 cm³/mol. The number of aromatic nitrogens is 2. The minimum atomic E-state index is 0.433. The minimum Gasteiger partial charge on any atom is -0.362 e. The maximum Gasteiger partial charge on any atom is 0.225 e. The number of anilines is 2. The number of para-hydroxylation sites is 1. The van der Waals surface area contributed by atoms with Crippen molar-refractivity contribution in [3.05, 3.63) is 58.6 Å². The van der Waals surface area contributed by atoms with Gasteiger partial charge in [-0.25, -0.2) is 4.98 Å². The van der Waals surface area contributed by atoms with E-state index in [0.29, 0.717) is 12.1 Å². The lowest BCUT2D eigenvalue weighted by Gasteiger charge is -2.30. The summed E-state index contributed by atoms with van der Waals surface area (Å²) in [7, 11) is 4.06. The largest absolute Gasteiger partial charge is 0.362 e. The molecule has 1 aliphatic rings. The first kappa shape index (κ1) is 21.1. The normalized spacial score (nSPS) is 19.0. The van der Waals surface area contributed by atoms with Crippen LogP contribution in [0.4, 0.5) is 11.8 Å². The lowest BCUT2D eigenvalue weighted by atomic mass is 9.91. The molecule has 1 aromatic heterocycles. The van der Waals surface area contributed by atoms with E-state index in [2.05, 4.69) is 67.9 Å². The predicted octanol–water partition coefficient (Wildman–Crippen LogP) is 5.01. The molecule has 1 fully saturated rings. The molecule has 1 heterocycles. The molecule has 0 unspecified atom stereocenters. The number of hydrogen-bond acceptors (Lipinski definition) is 5. The quantitative estimate of drug-likeness (QED) is 0.511. The van der Waals surface area contributed by atoms with Crippen molar-refractivity contribution in [2.45, 2.75) is 44.2 Å². The summed E-state index contributed by atoms with van der Waals surface area (Å²) in [6.45, 7) is 1.02. The standard InChI is InChI=1S/C24H30BrN5/c1-30(2)23-20-8-4-6-10-22(20)28-24(29-23)27-19-13-11-18(12-14-19)26-16-15-17-7-3-5-9-21(17)25/h3-10,18-19,26H,11-16H2,1-2H3,(H,27,28,29). The summed E-state index contributed by atoms with van der Waals surface area (Å²) < 4.78 is 1.20. The van der Waals surface area contributed by atoms with Gasteiger partial charge in [0.05, 0.1) is 5.52 Å². The summed E-state index contributed by atoms with van der Waals surface area (Å²) in [5.41, 5.74) is 2.35. The van der Waals surface area contributed by atoms with E-state index in [1.165, 1.54) is 22.9 Å². The molecule has 4 rings (SSSR count). The molecule has 30 heavy (non-hydrogen) atoms. The Labute approximate surface area is 187 Å². The van der Waals surface area contributed by atoms with Crippen LogP contribution in [0.3, 0.4) is 0 Å². The number of rotatable bonds is 7. The second-order valence-electron chi connectivity index (χ2n) is 8.27. The van der Waals surface area contributed by atoms with Crippen LogP contribution in [0.1, 0.15) is 31.2 Å². The van der Waals surface area contributed by atoms with E-state index in [1.54, 1.807) is 0 Å². The van der Waals surface area contributed by atoms with E-state index in [9.17, 15) is 0 Å². The fourth-order valence-corrected chi connectivity index (χ4v) is 4.68. The zero-order valence-corrected chi connectivity index (χ0v) is 19.3. The molecule has 0 amide bonds. The van der Waals surface area contributed by atoms with E-state index in [-0.39, 0.29) is 0 Å². The second kappa shape index (κ2) is 9.75. The molecular formula is C24H30BrN5. The van der Waals surface area contributed by atoms with E-state index in [0.717, 1.165) is 48.5 Å². The van der Waals surface area contributed by atoms with Crippen LogP contribution in [-0.4, -0.2) is 42.7 Å². The van der Waals surface area contributed by atoms with Crippen molar-refractivity contribution in [3.8, 4) is 0 Å². The molecule has 1 saturated carbocycles. The topological polar surface area (TPSA) is 53.1 Å². The fourth-order valence-electron chi connectivity index (χ4n) is 4.20. The molecule has 0 bridgehead atoms. The Morgan fingerprint density at radius 3 is 2.40 bits per heavy atom. The van der Waals surface area contributed by atoms with Gasteiger partial charge in [0.1, 0.15) is 5.82 Å². The lowest BCUT2D eigenvalue weighted by Crippen LogP contribution is -2.38. The van der Waals surface area contributed by atoms with Gasteiger partial charge in [-0.1, -0.05) is 46.3 Å². The summed E-state index contributed by atoms with van der Waals surface area (Å²) >= 11 is 3.64. The van der Waals surface area contributed by atoms with Gasteiger partial charge in [0.15, 0.2) is 0 Å². The van der Waals surface area contributed by atoms with Gasteiger partial charge in [0, 0.05) is 36.0 Å². The summed E-state index contributed by atoms with van der Waals surface area (Å²) in [6.07, 6.45) is 5.70. The molecule has 3 aromatic rings. The van der Waals surface area contributed by atoms with Crippen molar-refractivity contribution in [1.29, 1.82) is 0 Å². The third-order valence-corrected chi connectivity index (χ3v) is 6.63. The van der Waals surface area contributed by atoms with Gasteiger partial charge in [0.25, 0.3) is 0 Å². The molecule has 158 valence electrons. The smallest absolute Gasteiger partial charge is 0.225 e. The van der Waals surface area contributed by atoms with Gasteiger partial charge in [-0.05, 0) is 62.4 Å². The monoisotopic (exact) mass is 467 g/mol. The van der Waals surface area contributed by atoms with Crippen molar-refractivity contribution >= 4 is 38.6 Å². The summed E-state index contributed by atoms with van der Waals surface area (Å²) in [5, 5.41) is 8.43. The first-order valence-electron chi connectivity index (χ1n) is 10.8. The molecule has 2 N–H and O–H groups in total. The molecule has 0 atom stereocenters. The Morgan fingerprint density at radius 2 is 1.63 bits per heavy atom. The maximum absolute atomic E-state index is 4.79. The van der Waals surface area contributed by atoms with E-state index >= 15 is 0 Å². The first-order valence-corrected chi connectivity index (χ1v) is 11.6. The Hall–Kier alpha value is -2.18. The van der Waals surface area contributed by atoms with Gasteiger partial charge in [-0.2, -0.15) is 4.98 Å². The van der Waals surface area contributed by atoms with Crippen LogP contribution in [-0.2, 0) is 6.42 Å². The Balaban J connectivity index is 1.30. The summed E-state index contributed by atoms with van der Waals surface area (Å²) in [6, 6.07) is 17.7. The Morgan fingerprint density at radius 1 is 0.933 bits per heavy atom. The van der Waals surface area contributed by atoms with Crippen LogP contribution in [0, 0.1) is 0 Å². The van der Waals surface area contributed by atoms with Crippen LogP contribution in [0.15, 0.2) is 53.0 Å². The molecule has 5 nitrogen and oxygen atoms in total. The fraction of sp³-hybridized carbons (Fsp3) is 0.417. The SMILES string of the molecule is CN(C)c1nc(NC2CCC(NCCc3ccccc3Br)CC2)nc2ccccc12. The molecule has 0 saturated heterocycles. The van der Waals surface area contributed by atoms with Gasteiger partial charge in [0.2, 0.25) is 5.95 Å². The highest BCUT2D eigenvalue weighted by Crippen LogP contribution is 2.26. The number of hydrogen-bond donors (Lipinski definition) is 2. The minimum absolute atomic E-state index is 0.433. The van der Waals surface area contributed by atoms with E-state index < -0.39 is 0 Å². The van der Waals surface area contributed by atoms with Gasteiger partial charge in [-0.15, -0.1) is 0 Å². The molecular weight excluding hydrogens is 438 g/mol. The molecule has 1 aliphatic carbocycles. The highest BCUT2D eigenvalue weighted by Gasteiger charge is 2.22. The van der Waals surface area contributed by atoms with Gasteiger partial charge >= 0.3 is 0 Å². The van der Waals surface area contributed by atoms with Gasteiger partial charge in [-0.3, -0.25) is 0 Å². The van der Waals surface area contributed by atoms with Crippen molar-refractivity contribution in [1.82, 2.24) is 15.3 Å². The maximum atomic E-state index is 4.79. The summed E-state index contributed by atoms with van der Waals surface area (Å²) in [4.78, 5) is 11.6. The molecule has 6 heteroatoms. The van der Waals surface area contributed by atoms with E-state index in [1.807, 2.05) is 26.2 Å². The van der Waals surface area contributed by atoms with Crippen molar-refractivity contribution in [3.63, 3.8) is 0 Å². The number of nitrogens with one attached hydrogen (secondary N) is 2. The highest BCUT2D eigenvalue weighted by atomic mass is 79.9. The zero-order valence-electron chi connectivity index (χ0n) is 17.7. The van der Waals surface area contributed by atoms with Crippen LogP contribution >= 0.6 is 15.9 Å². The average molecular weight is 468 g/mol. The number of benzene rings is 2. The number of halogens is 1. The third kappa shape index (κ3) is 5.10.